The van der Waals surface area contributed by atoms with E-state index < -0.39 is 5.41 Å². The summed E-state index contributed by atoms with van der Waals surface area (Å²) in [4.78, 5) is 2.55. The highest BCUT2D eigenvalue weighted by Crippen LogP contribution is 2.64. The molecule has 1 spiro atoms. The van der Waals surface area contributed by atoms with Gasteiger partial charge in [0.2, 0.25) is 0 Å². The summed E-state index contributed by atoms with van der Waals surface area (Å²) in [6.07, 6.45) is 4.82. The van der Waals surface area contributed by atoms with Crippen molar-refractivity contribution in [2.75, 3.05) is 4.90 Å². The molecule has 3 aliphatic carbocycles. The molecule has 0 N–H and O–H groups in total. The Bertz CT molecular complexity index is 3010. The maximum absolute atomic E-state index is 2.58. The highest BCUT2D eigenvalue weighted by atomic mass is 15.1. The van der Waals surface area contributed by atoms with E-state index in [1.54, 1.807) is 0 Å². The number of hydrogen-bond acceptors (Lipinski definition) is 1. The summed E-state index contributed by atoms with van der Waals surface area (Å²) in [6.45, 7) is 0. The smallest absolute Gasteiger partial charge is 0.0726 e. The van der Waals surface area contributed by atoms with E-state index in [0.717, 1.165) is 18.5 Å². The van der Waals surface area contributed by atoms with Crippen molar-refractivity contribution >= 4 is 27.8 Å². The molecule has 1 nitrogen and oxygen atoms in total. The quantitative estimate of drug-likeness (QED) is 0.170. The molecule has 0 heterocycles. The normalized spacial score (nSPS) is 14.1. The summed E-state index contributed by atoms with van der Waals surface area (Å²) in [6, 6.07) is 75.4. The van der Waals surface area contributed by atoms with Gasteiger partial charge in [0.15, 0.2) is 0 Å². The zero-order valence-electron chi connectivity index (χ0n) is 32.3. The Morgan fingerprint density at radius 2 is 0.914 bits per heavy atom. The highest BCUT2D eigenvalue weighted by Gasteiger charge is 2.52. The molecule has 0 aromatic heterocycles. The van der Waals surface area contributed by atoms with Crippen LogP contribution >= 0.6 is 0 Å². The molecule has 1 heteroatoms. The maximum atomic E-state index is 2.58. The lowest BCUT2D eigenvalue weighted by atomic mass is 9.70. The molecule has 0 fully saturated rings. The lowest BCUT2D eigenvalue weighted by Gasteiger charge is -2.34. The predicted octanol–water partition coefficient (Wildman–Crippen LogP) is 14.9. The Labute approximate surface area is 340 Å². The third-order valence-corrected chi connectivity index (χ3v) is 13.3. The number of nitrogens with zero attached hydrogens (tertiary/aromatic N) is 1. The Hall–Kier alpha value is -6.96. The molecular weight excluding hydrogens is 699 g/mol. The number of fused-ring (bicyclic) bond motifs is 12. The Kier molecular flexibility index (Phi) is 7.47. The minimum absolute atomic E-state index is 0.455. The molecule has 12 rings (SSSR count). The van der Waals surface area contributed by atoms with Gasteiger partial charge in [-0.3, -0.25) is 0 Å². The monoisotopic (exact) mass is 739 g/mol. The summed E-state index contributed by atoms with van der Waals surface area (Å²) in [7, 11) is 0. The second-order valence-electron chi connectivity index (χ2n) is 16.2. The molecule has 0 saturated heterocycles. The van der Waals surface area contributed by atoms with Gasteiger partial charge in [-0.2, -0.15) is 0 Å². The summed E-state index contributed by atoms with van der Waals surface area (Å²) in [5, 5.41) is 2.45. The van der Waals surface area contributed by atoms with Crippen LogP contribution in [-0.2, 0) is 18.3 Å². The summed E-state index contributed by atoms with van der Waals surface area (Å²) in [5.74, 6) is 0. The van der Waals surface area contributed by atoms with E-state index in [9.17, 15) is 0 Å². The maximum Gasteiger partial charge on any atom is 0.0726 e. The van der Waals surface area contributed by atoms with E-state index in [1.165, 1.54) is 113 Å². The van der Waals surface area contributed by atoms with E-state index in [4.69, 9.17) is 0 Å². The van der Waals surface area contributed by atoms with Crippen LogP contribution in [0.25, 0.3) is 55.3 Å². The number of hydrogen-bond donors (Lipinski definition) is 0. The third kappa shape index (κ3) is 4.83. The second kappa shape index (κ2) is 13.0. The van der Waals surface area contributed by atoms with Crippen LogP contribution < -0.4 is 4.90 Å². The Morgan fingerprint density at radius 1 is 0.345 bits per heavy atom. The number of benzene rings is 9. The van der Waals surface area contributed by atoms with Gasteiger partial charge < -0.3 is 4.90 Å². The molecule has 58 heavy (non-hydrogen) atoms. The molecule has 0 amide bonds. The lowest BCUT2D eigenvalue weighted by molar-refractivity contribution is 0.686. The van der Waals surface area contributed by atoms with Crippen LogP contribution in [0.15, 0.2) is 200 Å². The molecule has 0 atom stereocenters. The molecule has 3 aliphatic rings. The van der Waals surface area contributed by atoms with Gasteiger partial charge in [0.25, 0.3) is 0 Å². The van der Waals surface area contributed by atoms with Crippen molar-refractivity contribution in [3.8, 4) is 44.5 Å². The van der Waals surface area contributed by atoms with Crippen molar-refractivity contribution in [2.24, 2.45) is 0 Å². The Balaban J connectivity index is 1.20. The first-order valence-corrected chi connectivity index (χ1v) is 20.8. The minimum atomic E-state index is -0.455. The van der Waals surface area contributed by atoms with Gasteiger partial charge >= 0.3 is 0 Å². The largest absolute Gasteiger partial charge is 0.309 e. The highest BCUT2D eigenvalue weighted by molar-refractivity contribution is 6.04. The summed E-state index contributed by atoms with van der Waals surface area (Å²) >= 11 is 0. The number of rotatable bonds is 5. The fourth-order valence-corrected chi connectivity index (χ4v) is 10.7. The van der Waals surface area contributed by atoms with Crippen LogP contribution in [0, 0.1) is 0 Å². The first kappa shape index (κ1) is 33.2. The van der Waals surface area contributed by atoms with Crippen LogP contribution in [-0.4, -0.2) is 0 Å². The first-order valence-electron chi connectivity index (χ1n) is 20.8. The van der Waals surface area contributed by atoms with E-state index in [2.05, 4.69) is 205 Å². The molecule has 274 valence electrons. The molecule has 0 bridgehead atoms. The van der Waals surface area contributed by atoms with Gasteiger partial charge in [0.1, 0.15) is 0 Å². The van der Waals surface area contributed by atoms with Crippen LogP contribution in [0.1, 0.15) is 46.2 Å². The van der Waals surface area contributed by atoms with E-state index in [-0.39, 0.29) is 0 Å². The van der Waals surface area contributed by atoms with Crippen molar-refractivity contribution in [3.63, 3.8) is 0 Å². The van der Waals surface area contributed by atoms with Gasteiger partial charge in [-0.05, 0) is 134 Å². The Morgan fingerprint density at radius 3 is 1.64 bits per heavy atom. The van der Waals surface area contributed by atoms with Crippen molar-refractivity contribution in [1.82, 2.24) is 0 Å². The fourth-order valence-electron chi connectivity index (χ4n) is 10.7. The van der Waals surface area contributed by atoms with Crippen LogP contribution in [0.5, 0.6) is 0 Å². The van der Waals surface area contributed by atoms with Crippen molar-refractivity contribution in [1.29, 1.82) is 0 Å². The zero-order chi connectivity index (χ0) is 38.2. The number of anilines is 3. The van der Waals surface area contributed by atoms with E-state index in [0.29, 0.717) is 0 Å². The van der Waals surface area contributed by atoms with Gasteiger partial charge in [0.05, 0.1) is 16.8 Å². The molecule has 0 radical (unpaired) electrons. The van der Waals surface area contributed by atoms with E-state index >= 15 is 0 Å². The molecule has 0 unspecified atom stereocenters. The van der Waals surface area contributed by atoms with Gasteiger partial charge in [-0.25, -0.2) is 0 Å². The van der Waals surface area contributed by atoms with Crippen molar-refractivity contribution in [3.05, 3.63) is 234 Å². The zero-order valence-corrected chi connectivity index (χ0v) is 32.3. The fraction of sp³-hybridized carbons (Fsp3) is 0.0877. The molecule has 0 aliphatic heterocycles. The van der Waals surface area contributed by atoms with Gasteiger partial charge in [-0.15, -0.1) is 0 Å². The SMILES string of the molecule is c1ccc(-c2ccc(N(c3cc4c(cc3-c3ccc5c(c3)CCCC5)-c3ccccc3C43c4ccccc4-c4ccccc43)c3cccc4ccccc34)cc2)cc1. The van der Waals surface area contributed by atoms with E-state index in [1.807, 2.05) is 0 Å². The van der Waals surface area contributed by atoms with Crippen molar-refractivity contribution < 1.29 is 0 Å². The second-order valence-corrected chi connectivity index (χ2v) is 16.2. The standard InChI is InChI=1S/C57H41N/c1-2-15-38(16-3-1)40-31-33-44(34-32-40)58(55-28-14-20-41-18-6-7-21-45(41)55)56-37-54-50(36-49(56)43-30-29-39-17-4-5-19-42(39)35-43)48-24-10-13-27-53(48)57(54)51-25-11-8-22-46(51)47-23-9-12-26-52(47)57/h1-3,6-16,18,20-37H,4-5,17,19H2. The third-order valence-electron chi connectivity index (χ3n) is 13.3. The van der Waals surface area contributed by atoms with Crippen LogP contribution in [0.2, 0.25) is 0 Å². The minimum Gasteiger partial charge on any atom is -0.309 e. The van der Waals surface area contributed by atoms with Crippen LogP contribution in [0.3, 0.4) is 0 Å². The number of aryl methyl sites for hydroxylation is 2. The average Bonchev–Trinajstić information content (AvgIpc) is 3.76. The lowest BCUT2D eigenvalue weighted by Crippen LogP contribution is -2.26. The molecule has 0 saturated carbocycles. The summed E-state index contributed by atoms with van der Waals surface area (Å²) in [5.41, 5.74) is 21.7. The van der Waals surface area contributed by atoms with Crippen molar-refractivity contribution in [2.45, 2.75) is 31.1 Å². The molecule has 9 aromatic carbocycles. The van der Waals surface area contributed by atoms with Gasteiger partial charge in [-0.1, -0.05) is 170 Å². The van der Waals surface area contributed by atoms with Gasteiger partial charge in [0, 0.05) is 16.6 Å². The molecular formula is C57H41N. The average molecular weight is 740 g/mol. The molecule has 9 aromatic rings. The first-order chi connectivity index (χ1) is 28.8. The van der Waals surface area contributed by atoms with Crippen LogP contribution in [0.4, 0.5) is 17.1 Å². The predicted molar refractivity (Wildman–Crippen MR) is 242 cm³/mol. The topological polar surface area (TPSA) is 3.24 Å². The summed E-state index contributed by atoms with van der Waals surface area (Å²) < 4.78 is 0.